The number of aryl methyl sites for hydroxylation is 1. The average molecular weight is 404 g/mol. The molecule has 1 aromatic rings. The molecule has 3 nitrogen and oxygen atoms in total. The van der Waals surface area contributed by atoms with Gasteiger partial charge in [0.15, 0.2) is 0 Å². The van der Waals surface area contributed by atoms with Crippen LogP contribution in [0.1, 0.15) is 30.9 Å². The number of rotatable bonds is 11. The van der Waals surface area contributed by atoms with Gasteiger partial charge in [0.05, 0.1) is 12.7 Å². The average Bonchev–Trinajstić information content (AvgIpc) is 3.14. The van der Waals surface area contributed by atoms with Crippen molar-refractivity contribution in [2.75, 3.05) is 20.1 Å². The summed E-state index contributed by atoms with van der Waals surface area (Å²) in [5.41, 5.74) is 6.25. The van der Waals surface area contributed by atoms with E-state index in [1.807, 2.05) is 13.2 Å². The van der Waals surface area contributed by atoms with E-state index < -0.39 is 6.17 Å². The van der Waals surface area contributed by atoms with E-state index in [1.165, 1.54) is 22.3 Å². The number of halogens is 1. The number of allylic oxidation sites excluding steroid dienone is 3. The van der Waals surface area contributed by atoms with Crippen molar-refractivity contribution in [3.63, 3.8) is 0 Å². The maximum absolute atomic E-state index is 13.1. The molecule has 1 atom stereocenters. The molecule has 1 unspecified atom stereocenters. The van der Waals surface area contributed by atoms with Crippen LogP contribution in [0.2, 0.25) is 0 Å². The Morgan fingerprint density at radius 3 is 2.75 bits per heavy atom. The van der Waals surface area contributed by atoms with Gasteiger partial charge in [-0.1, -0.05) is 49.6 Å². The summed E-state index contributed by atoms with van der Waals surface area (Å²) in [4.78, 5) is 2.17. The lowest BCUT2D eigenvalue weighted by Gasteiger charge is -2.21. The number of likely N-dealkylation sites (N-methyl/N-ethyl adjacent to an activating group) is 1. The van der Waals surface area contributed by atoms with Gasteiger partial charge in [-0.25, -0.2) is 4.39 Å². The SMILES string of the molecule is C=CN(CC(=C)NC)CC1=CC(Cc2cccc(CCC(C)F)c2)=CC1.NS. The van der Waals surface area contributed by atoms with Crippen LogP contribution < -0.4 is 10.5 Å². The predicted octanol–water partition coefficient (Wildman–Crippen LogP) is 4.74. The number of nitrogens with one attached hydrogen (secondary N) is 1. The molecule has 28 heavy (non-hydrogen) atoms. The zero-order valence-electron chi connectivity index (χ0n) is 17.1. The lowest BCUT2D eigenvalue weighted by atomic mass is 10.0. The number of thiol groups is 1. The molecule has 0 bridgehead atoms. The molecular formula is C23H34FN3S. The molecule has 1 aliphatic rings. The normalized spacial score (nSPS) is 13.6. The van der Waals surface area contributed by atoms with Crippen molar-refractivity contribution in [3.8, 4) is 0 Å². The topological polar surface area (TPSA) is 41.3 Å². The van der Waals surface area contributed by atoms with Gasteiger partial charge in [0.1, 0.15) is 0 Å². The molecule has 1 aliphatic carbocycles. The van der Waals surface area contributed by atoms with Gasteiger partial charge >= 0.3 is 0 Å². The van der Waals surface area contributed by atoms with E-state index in [-0.39, 0.29) is 0 Å². The molecule has 1 aromatic carbocycles. The molecule has 0 heterocycles. The van der Waals surface area contributed by atoms with Crippen LogP contribution in [0.4, 0.5) is 4.39 Å². The fourth-order valence-electron chi connectivity index (χ4n) is 3.14. The standard InChI is InChI=1S/C23H31FN2.H3NS/c1-5-26(16-19(3)25-4)17-23-12-11-22(15-23)14-21-8-6-7-20(13-21)10-9-18(2)24;1-2/h5-8,11,13,15,18,25H,1,3,9-10,12,14,16-17H2,2,4H3;2H,1H2. The second-order valence-corrected chi connectivity index (χ2v) is 7.04. The third-order valence-corrected chi connectivity index (χ3v) is 4.66. The Balaban J connectivity index is 0.00000190. The summed E-state index contributed by atoms with van der Waals surface area (Å²) in [7, 11) is 1.89. The zero-order chi connectivity index (χ0) is 20.9. The van der Waals surface area contributed by atoms with Gasteiger partial charge in [0.25, 0.3) is 0 Å². The van der Waals surface area contributed by atoms with Crippen molar-refractivity contribution < 1.29 is 4.39 Å². The highest BCUT2D eigenvalue weighted by Crippen LogP contribution is 2.23. The molecule has 0 spiro atoms. The molecule has 0 aromatic heterocycles. The van der Waals surface area contributed by atoms with E-state index in [2.05, 4.69) is 77.7 Å². The molecule has 3 N–H and O–H groups in total. The number of hydrogen-bond acceptors (Lipinski definition) is 4. The second-order valence-electron chi connectivity index (χ2n) is 7.04. The summed E-state index contributed by atoms with van der Waals surface area (Å²) in [6, 6.07) is 8.54. The van der Waals surface area contributed by atoms with Gasteiger partial charge in [-0.2, -0.15) is 0 Å². The van der Waals surface area contributed by atoms with E-state index in [4.69, 9.17) is 0 Å². The van der Waals surface area contributed by atoms with Crippen LogP contribution in [0.25, 0.3) is 0 Å². The number of nitrogens with zero attached hydrogens (tertiary/aromatic N) is 1. The minimum atomic E-state index is -0.742. The molecule has 5 heteroatoms. The van der Waals surface area contributed by atoms with Gasteiger partial charge in [-0.15, -0.1) is 12.8 Å². The van der Waals surface area contributed by atoms with Crippen molar-refractivity contribution in [3.05, 3.63) is 83.7 Å². The predicted molar refractivity (Wildman–Crippen MR) is 123 cm³/mol. The Bertz CT molecular complexity index is 695. The van der Waals surface area contributed by atoms with Crippen LogP contribution in [0.15, 0.2) is 72.6 Å². The van der Waals surface area contributed by atoms with E-state index in [1.54, 1.807) is 6.92 Å². The first-order valence-corrected chi connectivity index (χ1v) is 10.1. The molecule has 154 valence electrons. The van der Waals surface area contributed by atoms with Crippen LogP contribution in [0.3, 0.4) is 0 Å². The fourth-order valence-corrected chi connectivity index (χ4v) is 3.14. The first-order valence-electron chi connectivity index (χ1n) is 9.58. The Morgan fingerprint density at radius 2 is 2.11 bits per heavy atom. The molecule has 2 rings (SSSR count). The Labute approximate surface area is 175 Å². The lowest BCUT2D eigenvalue weighted by Crippen LogP contribution is -2.25. The fraction of sp³-hybridized carbons (Fsp3) is 0.391. The van der Waals surface area contributed by atoms with Crippen LogP contribution in [0.5, 0.6) is 0 Å². The first-order chi connectivity index (χ1) is 13.5. The van der Waals surface area contributed by atoms with Gasteiger partial charge in [-0.3, -0.25) is 5.14 Å². The smallest absolute Gasteiger partial charge is 0.0976 e. The number of hydrogen-bond donors (Lipinski definition) is 3. The van der Waals surface area contributed by atoms with Crippen molar-refractivity contribution in [2.45, 2.75) is 38.8 Å². The third kappa shape index (κ3) is 8.81. The first kappa shape index (κ1) is 24.1. The lowest BCUT2D eigenvalue weighted by molar-refractivity contribution is 0.341. The molecule has 0 saturated carbocycles. The highest BCUT2D eigenvalue weighted by Gasteiger charge is 2.11. The Morgan fingerprint density at radius 1 is 1.39 bits per heavy atom. The maximum Gasteiger partial charge on any atom is 0.0976 e. The van der Waals surface area contributed by atoms with Crippen LogP contribution in [-0.4, -0.2) is 31.2 Å². The molecule has 0 fully saturated rings. The summed E-state index contributed by atoms with van der Waals surface area (Å²) in [6.45, 7) is 11.1. The summed E-state index contributed by atoms with van der Waals surface area (Å²) in [5, 5.41) is 7.27. The van der Waals surface area contributed by atoms with Crippen molar-refractivity contribution in [2.24, 2.45) is 5.14 Å². The highest BCUT2D eigenvalue weighted by atomic mass is 32.1. The molecular weight excluding hydrogens is 369 g/mol. The van der Waals surface area contributed by atoms with Crippen molar-refractivity contribution in [1.82, 2.24) is 10.2 Å². The van der Waals surface area contributed by atoms with E-state index in [0.29, 0.717) is 6.42 Å². The number of benzene rings is 1. The minimum absolute atomic E-state index is 0.589. The minimum Gasteiger partial charge on any atom is -0.390 e. The van der Waals surface area contributed by atoms with Gasteiger partial charge < -0.3 is 10.2 Å². The van der Waals surface area contributed by atoms with Gasteiger partial charge in [0, 0.05) is 19.3 Å². The Hall–Kier alpha value is -1.98. The Kier molecular flexibility index (Phi) is 11.4. The summed E-state index contributed by atoms with van der Waals surface area (Å²) in [6.07, 6.45) is 9.05. The largest absolute Gasteiger partial charge is 0.390 e. The van der Waals surface area contributed by atoms with Gasteiger partial charge in [-0.05, 0) is 61.1 Å². The highest BCUT2D eigenvalue weighted by molar-refractivity contribution is 7.77. The summed E-state index contributed by atoms with van der Waals surface area (Å²) >= 11 is 3.03. The molecule has 0 aliphatic heterocycles. The van der Waals surface area contributed by atoms with Crippen LogP contribution in [0, 0.1) is 0 Å². The second kappa shape index (κ2) is 13.2. The monoisotopic (exact) mass is 403 g/mol. The number of nitrogens with two attached hydrogens (primary N) is 1. The quantitative estimate of drug-likeness (QED) is 0.467. The summed E-state index contributed by atoms with van der Waals surface area (Å²) in [5.74, 6) is 0. The molecule has 0 saturated heterocycles. The number of alkyl halides is 1. The van der Waals surface area contributed by atoms with Crippen LogP contribution in [-0.2, 0) is 12.8 Å². The zero-order valence-corrected chi connectivity index (χ0v) is 18.0. The van der Waals surface area contributed by atoms with E-state index >= 15 is 0 Å². The van der Waals surface area contributed by atoms with Crippen molar-refractivity contribution >= 4 is 12.8 Å². The third-order valence-electron chi connectivity index (χ3n) is 4.66. The van der Waals surface area contributed by atoms with E-state index in [9.17, 15) is 4.39 Å². The van der Waals surface area contributed by atoms with Crippen LogP contribution >= 0.6 is 12.8 Å². The molecule has 0 radical (unpaired) electrons. The van der Waals surface area contributed by atoms with E-state index in [0.717, 1.165) is 38.0 Å². The van der Waals surface area contributed by atoms with Crippen molar-refractivity contribution in [1.29, 1.82) is 0 Å². The molecule has 0 amide bonds. The summed E-state index contributed by atoms with van der Waals surface area (Å²) < 4.78 is 13.1. The van der Waals surface area contributed by atoms with Gasteiger partial charge in [0.2, 0.25) is 0 Å². The maximum atomic E-state index is 13.1.